The van der Waals surface area contributed by atoms with Gasteiger partial charge in [0, 0.05) is 69.2 Å². The molecular weight excluding hydrogens is 413 g/mol. The number of anilines is 3. The molecule has 170 valence electrons. The summed E-state index contributed by atoms with van der Waals surface area (Å²) in [6.45, 7) is 6.02. The molecular formula is C22H28FN7O2. The van der Waals surface area contributed by atoms with E-state index in [0.717, 1.165) is 25.5 Å². The van der Waals surface area contributed by atoms with E-state index in [-0.39, 0.29) is 5.69 Å². The number of halogens is 1. The molecule has 2 aliphatic heterocycles. The van der Waals surface area contributed by atoms with Gasteiger partial charge in [-0.3, -0.25) is 14.7 Å². The summed E-state index contributed by atoms with van der Waals surface area (Å²) in [4.78, 5) is 29.7. The number of benzene rings is 1. The number of carbonyl (C=O) groups excluding carboxylic acids is 1. The van der Waals surface area contributed by atoms with Gasteiger partial charge in [-0.2, -0.15) is 0 Å². The highest BCUT2D eigenvalue weighted by molar-refractivity contribution is 6.04. The van der Waals surface area contributed by atoms with Crippen LogP contribution in [0.1, 0.15) is 23.0 Å². The van der Waals surface area contributed by atoms with Gasteiger partial charge in [0.25, 0.3) is 5.91 Å². The normalized spacial score (nSPS) is 17.3. The van der Waals surface area contributed by atoms with E-state index in [1.54, 1.807) is 31.6 Å². The molecule has 0 bridgehead atoms. The number of ether oxygens (including phenoxy) is 1. The summed E-state index contributed by atoms with van der Waals surface area (Å²) in [5.74, 6) is 1.32. The molecule has 0 unspecified atom stereocenters. The molecule has 10 heteroatoms. The van der Waals surface area contributed by atoms with E-state index in [1.165, 1.54) is 6.20 Å². The van der Waals surface area contributed by atoms with E-state index >= 15 is 0 Å². The fraction of sp³-hybridized carbons (Fsp3) is 0.455. The largest absolute Gasteiger partial charge is 0.492 e. The van der Waals surface area contributed by atoms with Gasteiger partial charge >= 0.3 is 0 Å². The van der Waals surface area contributed by atoms with Crippen molar-refractivity contribution >= 4 is 29.3 Å². The van der Waals surface area contributed by atoms with Crippen molar-refractivity contribution in [3.8, 4) is 5.75 Å². The second-order valence-corrected chi connectivity index (χ2v) is 8.10. The maximum Gasteiger partial charge on any atom is 0.275 e. The summed E-state index contributed by atoms with van der Waals surface area (Å²) in [7, 11) is 1.65. The highest BCUT2D eigenvalue weighted by Crippen LogP contribution is 2.30. The summed E-state index contributed by atoms with van der Waals surface area (Å²) in [6.07, 6.45) is 4.02. The van der Waals surface area contributed by atoms with Crippen molar-refractivity contribution in [2.24, 2.45) is 10.9 Å². The number of carbonyl (C=O) groups is 1. The molecule has 0 aliphatic carbocycles. The van der Waals surface area contributed by atoms with Crippen LogP contribution in [0.3, 0.4) is 0 Å². The van der Waals surface area contributed by atoms with Crippen molar-refractivity contribution in [2.45, 2.75) is 13.1 Å². The van der Waals surface area contributed by atoms with E-state index in [2.05, 4.69) is 30.1 Å². The standard InChI is InChI=1S/C22H28FN7O2/c1-3-32-20-5-17(24)15(6-25-2)4-18(20)28-22(31)19-7-27-21(8-26-19)30-10-14(11-30)9-29-12-16(23)13-29/h4-8,14,16H,3,9-13,24H2,1-2H3,(H,28,31). The number of nitrogens with zero attached hydrogens (tertiary/aromatic N) is 5. The Hall–Kier alpha value is -3.27. The summed E-state index contributed by atoms with van der Waals surface area (Å²) >= 11 is 0. The smallest absolute Gasteiger partial charge is 0.275 e. The van der Waals surface area contributed by atoms with E-state index < -0.39 is 12.1 Å². The molecule has 3 N–H and O–H groups in total. The lowest BCUT2D eigenvalue weighted by molar-refractivity contribution is 0.0473. The minimum absolute atomic E-state index is 0.199. The molecule has 0 atom stereocenters. The van der Waals surface area contributed by atoms with E-state index in [1.807, 2.05) is 6.92 Å². The Labute approximate surface area is 186 Å². The van der Waals surface area contributed by atoms with Gasteiger partial charge in [0.15, 0.2) is 0 Å². The number of nitrogens with one attached hydrogen (secondary N) is 1. The van der Waals surface area contributed by atoms with Crippen LogP contribution in [0, 0.1) is 5.92 Å². The fourth-order valence-corrected chi connectivity index (χ4v) is 3.92. The predicted molar refractivity (Wildman–Crippen MR) is 123 cm³/mol. The topological polar surface area (TPSA) is 109 Å². The van der Waals surface area contributed by atoms with Crippen molar-refractivity contribution in [2.75, 3.05) is 62.3 Å². The number of hydrogen-bond donors (Lipinski definition) is 2. The summed E-state index contributed by atoms with van der Waals surface area (Å²) < 4.78 is 18.5. The van der Waals surface area contributed by atoms with Gasteiger partial charge < -0.3 is 20.7 Å². The van der Waals surface area contributed by atoms with Crippen molar-refractivity contribution in [3.63, 3.8) is 0 Å². The van der Waals surface area contributed by atoms with E-state index in [9.17, 15) is 9.18 Å². The monoisotopic (exact) mass is 441 g/mol. The SMILES string of the molecule is CCOc1cc(N)c(C=NC)cc1NC(=O)c1cnc(N2CC(CN3CC(F)C3)C2)cn1. The Morgan fingerprint density at radius 2 is 2.09 bits per heavy atom. The maximum atomic E-state index is 12.9. The third-order valence-electron chi connectivity index (χ3n) is 5.58. The minimum atomic E-state index is -0.667. The van der Waals surface area contributed by atoms with Crippen molar-refractivity contribution in [1.82, 2.24) is 14.9 Å². The van der Waals surface area contributed by atoms with Crippen LogP contribution >= 0.6 is 0 Å². The lowest BCUT2D eigenvalue weighted by Crippen LogP contribution is -2.57. The molecule has 1 aromatic heterocycles. The average molecular weight is 442 g/mol. The maximum absolute atomic E-state index is 12.9. The third kappa shape index (κ3) is 4.80. The molecule has 1 amide bonds. The molecule has 3 heterocycles. The van der Waals surface area contributed by atoms with Crippen molar-refractivity contribution in [3.05, 3.63) is 35.8 Å². The zero-order valence-electron chi connectivity index (χ0n) is 18.3. The molecule has 1 aromatic carbocycles. The number of aliphatic imine (C=N–C) groups is 1. The first kappa shape index (κ1) is 21.9. The van der Waals surface area contributed by atoms with Crippen LogP contribution in [0.5, 0.6) is 5.75 Å². The van der Waals surface area contributed by atoms with Gasteiger partial charge in [0.05, 0.1) is 24.7 Å². The highest BCUT2D eigenvalue weighted by Gasteiger charge is 2.34. The number of alkyl halides is 1. The lowest BCUT2D eigenvalue weighted by Gasteiger charge is -2.45. The van der Waals surface area contributed by atoms with Crippen LogP contribution in [0.25, 0.3) is 0 Å². The number of rotatable bonds is 8. The van der Waals surface area contributed by atoms with E-state index in [4.69, 9.17) is 10.5 Å². The molecule has 2 aromatic rings. The fourth-order valence-electron chi connectivity index (χ4n) is 3.92. The van der Waals surface area contributed by atoms with Gasteiger partial charge in [-0.15, -0.1) is 0 Å². The number of amides is 1. The van der Waals surface area contributed by atoms with Crippen LogP contribution < -0.4 is 20.7 Å². The number of nitrogen functional groups attached to an aromatic ring is 1. The lowest BCUT2D eigenvalue weighted by atomic mass is 9.98. The van der Waals surface area contributed by atoms with Crippen LogP contribution in [0.2, 0.25) is 0 Å². The Kier molecular flexibility index (Phi) is 6.50. The zero-order valence-corrected chi connectivity index (χ0v) is 18.3. The molecule has 2 saturated heterocycles. The van der Waals surface area contributed by atoms with Crippen LogP contribution in [0.15, 0.2) is 29.5 Å². The second-order valence-electron chi connectivity index (χ2n) is 8.10. The molecule has 4 rings (SSSR count). The van der Waals surface area contributed by atoms with Gasteiger partial charge in [0.2, 0.25) is 0 Å². The van der Waals surface area contributed by atoms with Crippen molar-refractivity contribution in [1.29, 1.82) is 0 Å². The number of aromatic nitrogens is 2. The first-order valence-corrected chi connectivity index (χ1v) is 10.7. The van der Waals surface area contributed by atoms with Crippen LogP contribution in [-0.2, 0) is 0 Å². The van der Waals surface area contributed by atoms with Gasteiger partial charge in [-0.25, -0.2) is 14.4 Å². The third-order valence-corrected chi connectivity index (χ3v) is 5.58. The van der Waals surface area contributed by atoms with Gasteiger partial charge in [-0.1, -0.05) is 0 Å². The predicted octanol–water partition coefficient (Wildman–Crippen LogP) is 1.85. The highest BCUT2D eigenvalue weighted by atomic mass is 19.1. The molecule has 0 saturated carbocycles. The number of nitrogens with two attached hydrogens (primary N) is 1. The summed E-state index contributed by atoms with van der Waals surface area (Å²) in [5, 5.41) is 2.83. The summed E-state index contributed by atoms with van der Waals surface area (Å²) in [5.41, 5.74) is 7.91. The van der Waals surface area contributed by atoms with Crippen LogP contribution in [-0.4, -0.2) is 79.5 Å². The summed E-state index contributed by atoms with van der Waals surface area (Å²) in [6, 6.07) is 3.38. The van der Waals surface area contributed by atoms with Gasteiger partial charge in [0.1, 0.15) is 23.4 Å². The molecule has 0 spiro atoms. The molecule has 2 aliphatic rings. The first-order valence-electron chi connectivity index (χ1n) is 10.7. The van der Waals surface area contributed by atoms with Gasteiger partial charge in [-0.05, 0) is 13.0 Å². The number of likely N-dealkylation sites (tertiary alicyclic amines) is 1. The molecule has 2 fully saturated rings. The Morgan fingerprint density at radius 1 is 1.31 bits per heavy atom. The first-order chi connectivity index (χ1) is 15.5. The Bertz CT molecular complexity index is 987. The molecule has 0 radical (unpaired) electrons. The van der Waals surface area contributed by atoms with Crippen molar-refractivity contribution < 1.29 is 13.9 Å². The van der Waals surface area contributed by atoms with Crippen LogP contribution in [0.4, 0.5) is 21.6 Å². The minimum Gasteiger partial charge on any atom is -0.492 e. The van der Waals surface area contributed by atoms with E-state index in [0.29, 0.717) is 48.3 Å². The second kappa shape index (κ2) is 9.47. The molecule has 32 heavy (non-hydrogen) atoms. The zero-order chi connectivity index (χ0) is 22.7. The average Bonchev–Trinajstić information content (AvgIpc) is 2.72. The number of hydrogen-bond acceptors (Lipinski definition) is 8. The Morgan fingerprint density at radius 3 is 2.72 bits per heavy atom. The molecule has 9 nitrogen and oxygen atoms in total. The Balaban J connectivity index is 1.37. The quantitative estimate of drug-likeness (QED) is 0.475.